The van der Waals surface area contributed by atoms with Crippen molar-refractivity contribution in [3.8, 4) is 5.75 Å². The van der Waals surface area contributed by atoms with E-state index in [0.29, 0.717) is 18.3 Å². The van der Waals surface area contributed by atoms with Gasteiger partial charge in [0, 0.05) is 26.1 Å². The summed E-state index contributed by atoms with van der Waals surface area (Å²) in [5, 5.41) is 7.49. The Labute approximate surface area is 146 Å². The maximum atomic E-state index is 12.9. The summed E-state index contributed by atoms with van der Waals surface area (Å²) in [6.45, 7) is 2.12. The number of nitrogens with one attached hydrogen (secondary N) is 1. The summed E-state index contributed by atoms with van der Waals surface area (Å²) >= 11 is 0. The van der Waals surface area contributed by atoms with Crippen molar-refractivity contribution in [2.24, 2.45) is 0 Å². The van der Waals surface area contributed by atoms with Gasteiger partial charge in [-0.15, -0.1) is 0 Å². The molecule has 1 saturated carbocycles. The molecule has 2 aromatic rings. The number of likely N-dealkylation sites (tertiary alicyclic amines) is 1. The van der Waals surface area contributed by atoms with E-state index in [1.807, 2.05) is 0 Å². The van der Waals surface area contributed by atoms with Crippen LogP contribution in [0.2, 0.25) is 0 Å². The van der Waals surface area contributed by atoms with Crippen LogP contribution in [0.1, 0.15) is 42.9 Å². The van der Waals surface area contributed by atoms with Crippen molar-refractivity contribution in [1.29, 1.82) is 0 Å². The Morgan fingerprint density at radius 2 is 2.08 bits per heavy atom. The second kappa shape index (κ2) is 7.09. The largest absolute Gasteiger partial charge is 0.492 e. The van der Waals surface area contributed by atoms with E-state index in [1.165, 1.54) is 25.0 Å². The minimum atomic E-state index is -0.258. The Hall–Kier alpha value is -1.99. The summed E-state index contributed by atoms with van der Waals surface area (Å²) in [4.78, 5) is 7.02. The summed E-state index contributed by atoms with van der Waals surface area (Å²) < 4.78 is 24.2. The number of aromatic nitrogens is 3. The third-order valence-corrected chi connectivity index (χ3v) is 4.94. The van der Waals surface area contributed by atoms with Crippen molar-refractivity contribution in [2.75, 3.05) is 26.8 Å². The Kier molecular flexibility index (Phi) is 4.67. The van der Waals surface area contributed by atoms with Crippen LogP contribution in [0.3, 0.4) is 0 Å². The second-order valence-corrected chi connectivity index (χ2v) is 6.76. The molecule has 1 aromatic heterocycles. The predicted octanol–water partition coefficient (Wildman–Crippen LogP) is 2.66. The zero-order valence-corrected chi connectivity index (χ0v) is 14.3. The first-order chi connectivity index (χ1) is 12.2. The van der Waals surface area contributed by atoms with Crippen LogP contribution in [0.15, 0.2) is 24.3 Å². The number of halogens is 1. The van der Waals surface area contributed by atoms with Crippen LogP contribution in [0.5, 0.6) is 5.75 Å². The molecule has 6 nitrogen and oxygen atoms in total. The highest BCUT2D eigenvalue weighted by atomic mass is 19.1. The number of benzene rings is 1. The minimum absolute atomic E-state index is 0.168. The van der Waals surface area contributed by atoms with Crippen LogP contribution in [-0.4, -0.2) is 53.0 Å². The normalized spacial score (nSPS) is 23.9. The maximum absolute atomic E-state index is 12.9. The fourth-order valence-corrected chi connectivity index (χ4v) is 3.34. The van der Waals surface area contributed by atoms with Gasteiger partial charge in [0.2, 0.25) is 0 Å². The number of ether oxygens (including phenoxy) is 2. The molecule has 2 atom stereocenters. The molecule has 4 rings (SSSR count). The smallest absolute Gasteiger partial charge is 0.153 e. The Balaban J connectivity index is 1.37. The third-order valence-electron chi connectivity index (χ3n) is 4.94. The lowest BCUT2D eigenvalue weighted by Crippen LogP contribution is -2.30. The average Bonchev–Trinajstić information content (AvgIpc) is 3.21. The van der Waals surface area contributed by atoms with E-state index in [4.69, 9.17) is 14.5 Å². The molecule has 2 aliphatic rings. The van der Waals surface area contributed by atoms with E-state index in [-0.39, 0.29) is 18.0 Å². The van der Waals surface area contributed by atoms with Gasteiger partial charge in [-0.2, -0.15) is 5.10 Å². The first-order valence-electron chi connectivity index (χ1n) is 8.80. The van der Waals surface area contributed by atoms with Gasteiger partial charge in [0.15, 0.2) is 5.82 Å². The maximum Gasteiger partial charge on any atom is 0.153 e. The van der Waals surface area contributed by atoms with Gasteiger partial charge < -0.3 is 9.47 Å². The molecule has 7 heteroatoms. The van der Waals surface area contributed by atoms with E-state index in [2.05, 4.69) is 15.1 Å². The molecule has 2 fully saturated rings. The Morgan fingerprint density at radius 1 is 1.28 bits per heavy atom. The summed E-state index contributed by atoms with van der Waals surface area (Å²) in [6, 6.07) is 6.27. The number of methoxy groups -OCH3 is 1. The van der Waals surface area contributed by atoms with E-state index in [0.717, 1.165) is 31.2 Å². The monoisotopic (exact) mass is 346 g/mol. The molecular weight excluding hydrogens is 323 g/mol. The first-order valence-corrected chi connectivity index (χ1v) is 8.80. The molecule has 1 aromatic carbocycles. The number of aromatic amines is 1. The first kappa shape index (κ1) is 16.5. The van der Waals surface area contributed by atoms with Gasteiger partial charge in [0.05, 0.1) is 12.1 Å². The van der Waals surface area contributed by atoms with Crippen LogP contribution >= 0.6 is 0 Å². The predicted molar refractivity (Wildman–Crippen MR) is 90.0 cm³/mol. The zero-order valence-electron chi connectivity index (χ0n) is 14.3. The number of nitrogens with zero attached hydrogens (tertiary/aromatic N) is 3. The minimum Gasteiger partial charge on any atom is -0.492 e. The molecule has 25 heavy (non-hydrogen) atoms. The van der Waals surface area contributed by atoms with Gasteiger partial charge >= 0.3 is 0 Å². The van der Waals surface area contributed by atoms with Gasteiger partial charge in [-0.25, -0.2) is 9.37 Å². The van der Waals surface area contributed by atoms with Crippen molar-refractivity contribution in [3.63, 3.8) is 0 Å². The third kappa shape index (κ3) is 3.82. The zero-order chi connectivity index (χ0) is 17.2. The fraction of sp³-hybridized carbons (Fsp3) is 0.556. The van der Waals surface area contributed by atoms with Gasteiger partial charge in [-0.1, -0.05) is 0 Å². The molecule has 1 aliphatic carbocycles. The quantitative estimate of drug-likeness (QED) is 0.835. The summed E-state index contributed by atoms with van der Waals surface area (Å²) in [7, 11) is 1.75. The highest BCUT2D eigenvalue weighted by molar-refractivity contribution is 5.22. The van der Waals surface area contributed by atoms with E-state index < -0.39 is 0 Å². The second-order valence-electron chi connectivity index (χ2n) is 6.76. The van der Waals surface area contributed by atoms with Gasteiger partial charge in [0.25, 0.3) is 0 Å². The fourth-order valence-electron chi connectivity index (χ4n) is 3.34. The van der Waals surface area contributed by atoms with Crippen LogP contribution in [0.4, 0.5) is 4.39 Å². The van der Waals surface area contributed by atoms with Gasteiger partial charge in [0.1, 0.15) is 24.0 Å². The van der Waals surface area contributed by atoms with Gasteiger partial charge in [-0.3, -0.25) is 10.00 Å². The van der Waals surface area contributed by atoms with Crippen molar-refractivity contribution in [1.82, 2.24) is 20.1 Å². The topological polar surface area (TPSA) is 63.3 Å². The molecule has 134 valence electrons. The standard InChI is InChI=1S/C18H23FN4O2/c1-24-15-10-16(18-20-17(21-22-18)12-2-3-12)23(11-15)8-9-25-14-6-4-13(19)5-7-14/h4-7,12,15-16H,2-3,8-11H2,1H3,(H,20,21,22)/t15-,16+/m1/s1. The van der Waals surface area contributed by atoms with Crippen molar-refractivity contribution >= 4 is 0 Å². The molecule has 0 amide bonds. The SMILES string of the molecule is CO[C@@H]1C[C@@H](c2nc(C3CC3)n[nH]2)N(CCOc2ccc(F)cc2)C1. The van der Waals surface area contributed by atoms with E-state index >= 15 is 0 Å². The van der Waals surface area contributed by atoms with Crippen LogP contribution < -0.4 is 4.74 Å². The Bertz CT molecular complexity index is 701. The highest BCUT2D eigenvalue weighted by Crippen LogP contribution is 2.39. The average molecular weight is 346 g/mol. The molecule has 0 radical (unpaired) electrons. The molecule has 1 saturated heterocycles. The van der Waals surface area contributed by atoms with Crippen LogP contribution in [0, 0.1) is 5.82 Å². The summed E-state index contributed by atoms with van der Waals surface area (Å²) in [5.74, 6) is 2.82. The highest BCUT2D eigenvalue weighted by Gasteiger charge is 2.36. The van der Waals surface area contributed by atoms with Crippen LogP contribution in [0.25, 0.3) is 0 Å². The number of H-pyrrole nitrogens is 1. The molecule has 0 bridgehead atoms. The van der Waals surface area contributed by atoms with E-state index in [1.54, 1.807) is 19.2 Å². The molecule has 0 unspecified atom stereocenters. The Morgan fingerprint density at radius 3 is 2.80 bits per heavy atom. The lowest BCUT2D eigenvalue weighted by molar-refractivity contribution is 0.105. The number of hydrogen-bond donors (Lipinski definition) is 1. The molecule has 2 heterocycles. The summed E-state index contributed by atoms with van der Waals surface area (Å²) in [6.07, 6.45) is 3.47. The lowest BCUT2D eigenvalue weighted by Gasteiger charge is -2.22. The van der Waals surface area contributed by atoms with Crippen molar-refractivity contribution in [2.45, 2.75) is 37.3 Å². The van der Waals surface area contributed by atoms with Crippen LogP contribution in [-0.2, 0) is 4.74 Å². The molecule has 1 aliphatic heterocycles. The number of hydrogen-bond acceptors (Lipinski definition) is 5. The van der Waals surface area contributed by atoms with E-state index in [9.17, 15) is 4.39 Å². The number of rotatable bonds is 7. The molecule has 1 N–H and O–H groups in total. The molecular formula is C18H23FN4O2. The van der Waals surface area contributed by atoms with Crippen molar-refractivity contribution < 1.29 is 13.9 Å². The molecule has 0 spiro atoms. The summed E-state index contributed by atoms with van der Waals surface area (Å²) in [5.41, 5.74) is 0. The van der Waals surface area contributed by atoms with Crippen molar-refractivity contribution in [3.05, 3.63) is 41.7 Å². The lowest BCUT2D eigenvalue weighted by atomic mass is 10.2. The van der Waals surface area contributed by atoms with Gasteiger partial charge in [-0.05, 0) is 43.5 Å².